The second kappa shape index (κ2) is 12.1. The van der Waals surface area contributed by atoms with Crippen molar-refractivity contribution in [1.82, 2.24) is 4.90 Å². The van der Waals surface area contributed by atoms with Gasteiger partial charge in [-0.05, 0) is 41.5 Å². The first-order chi connectivity index (χ1) is 15.6. The zero-order valence-electron chi connectivity index (χ0n) is 18.9. The molecule has 0 saturated carbocycles. The number of hydrogen-bond acceptors (Lipinski definition) is 4. The lowest BCUT2D eigenvalue weighted by Crippen LogP contribution is -2.28. The van der Waals surface area contributed by atoms with Gasteiger partial charge in [0.1, 0.15) is 24.2 Å². The first-order valence-electron chi connectivity index (χ1n) is 11.1. The third-order valence-corrected chi connectivity index (χ3v) is 5.34. The fraction of sp³-hybridized carbons (Fsp3) is 0.286. The summed E-state index contributed by atoms with van der Waals surface area (Å²) in [5.74, 6) is 1.67. The molecule has 0 amide bonds. The number of rotatable bonds is 13. The molecule has 0 spiro atoms. The van der Waals surface area contributed by atoms with Crippen LogP contribution < -0.4 is 9.47 Å². The molecule has 168 valence electrons. The van der Waals surface area contributed by atoms with E-state index in [0.717, 1.165) is 43.1 Å². The van der Waals surface area contributed by atoms with Crippen LogP contribution in [0.2, 0.25) is 0 Å². The van der Waals surface area contributed by atoms with E-state index in [4.69, 9.17) is 9.47 Å². The highest BCUT2D eigenvalue weighted by Crippen LogP contribution is 2.31. The molecule has 3 rings (SSSR count). The molecule has 0 aliphatic carbocycles. The van der Waals surface area contributed by atoms with Gasteiger partial charge >= 0.3 is 0 Å². The van der Waals surface area contributed by atoms with E-state index < -0.39 is 0 Å². The molecule has 4 nitrogen and oxygen atoms in total. The van der Waals surface area contributed by atoms with Crippen molar-refractivity contribution in [3.8, 4) is 11.5 Å². The van der Waals surface area contributed by atoms with Crippen LogP contribution >= 0.6 is 0 Å². The second-order valence-electron chi connectivity index (χ2n) is 7.88. The second-order valence-corrected chi connectivity index (χ2v) is 7.88. The minimum atomic E-state index is -0.257. The molecule has 1 atom stereocenters. The standard InChI is InChI=1S/C28H33NO3/c1-4-16-29(17-5-2)18-19-31-25-13-10-23(11-14-25)20-27-26-9-7-6-8-24(26)12-15-28(27)32-22(3)21-30/h4-15,22,30H,1-2,16-21H2,3H3. The van der Waals surface area contributed by atoms with Crippen LogP contribution in [0.3, 0.4) is 0 Å². The highest BCUT2D eigenvalue weighted by molar-refractivity contribution is 5.88. The molecule has 1 N–H and O–H groups in total. The van der Waals surface area contributed by atoms with Crippen molar-refractivity contribution < 1.29 is 14.6 Å². The van der Waals surface area contributed by atoms with Gasteiger partial charge in [-0.25, -0.2) is 0 Å². The number of nitrogens with zero attached hydrogens (tertiary/aromatic N) is 1. The normalized spacial score (nSPS) is 12.0. The van der Waals surface area contributed by atoms with Gasteiger partial charge in [-0.15, -0.1) is 13.2 Å². The summed E-state index contributed by atoms with van der Waals surface area (Å²) in [6.07, 6.45) is 4.27. The summed E-state index contributed by atoms with van der Waals surface area (Å²) in [6, 6.07) is 20.6. The fourth-order valence-electron chi connectivity index (χ4n) is 3.69. The van der Waals surface area contributed by atoms with Crippen LogP contribution in [0.4, 0.5) is 0 Å². The molecule has 4 heteroatoms. The summed E-state index contributed by atoms with van der Waals surface area (Å²) < 4.78 is 12.0. The zero-order chi connectivity index (χ0) is 22.8. The van der Waals surface area contributed by atoms with Crippen molar-refractivity contribution >= 4 is 10.8 Å². The van der Waals surface area contributed by atoms with Gasteiger partial charge in [0.25, 0.3) is 0 Å². The summed E-state index contributed by atoms with van der Waals surface area (Å²) in [4.78, 5) is 2.23. The van der Waals surface area contributed by atoms with Gasteiger partial charge < -0.3 is 14.6 Å². The average molecular weight is 432 g/mol. The van der Waals surface area contributed by atoms with Crippen molar-refractivity contribution in [3.05, 3.63) is 97.1 Å². The predicted octanol–water partition coefficient (Wildman–Crippen LogP) is 5.24. The molecule has 3 aromatic rings. The Labute approximate surface area is 191 Å². The fourth-order valence-corrected chi connectivity index (χ4v) is 3.69. The Hall–Kier alpha value is -3.08. The Balaban J connectivity index is 1.71. The molecule has 0 heterocycles. The van der Waals surface area contributed by atoms with E-state index in [2.05, 4.69) is 48.4 Å². The first kappa shape index (κ1) is 23.6. The molecule has 0 bridgehead atoms. The highest BCUT2D eigenvalue weighted by atomic mass is 16.5. The van der Waals surface area contributed by atoms with Crippen molar-refractivity contribution in [2.75, 3.05) is 32.8 Å². The van der Waals surface area contributed by atoms with E-state index in [1.54, 1.807) is 0 Å². The van der Waals surface area contributed by atoms with Crippen LogP contribution in [0.25, 0.3) is 10.8 Å². The smallest absolute Gasteiger partial charge is 0.124 e. The minimum Gasteiger partial charge on any atom is -0.492 e. The van der Waals surface area contributed by atoms with E-state index >= 15 is 0 Å². The minimum absolute atomic E-state index is 0.0185. The van der Waals surface area contributed by atoms with Crippen LogP contribution in [0.1, 0.15) is 18.1 Å². The molecule has 0 aliphatic heterocycles. The highest BCUT2D eigenvalue weighted by Gasteiger charge is 2.12. The maximum atomic E-state index is 9.43. The monoisotopic (exact) mass is 431 g/mol. The third kappa shape index (κ3) is 6.46. The van der Waals surface area contributed by atoms with Crippen LogP contribution in [0.15, 0.2) is 86.0 Å². The van der Waals surface area contributed by atoms with Gasteiger partial charge in [0, 0.05) is 31.6 Å². The summed E-state index contributed by atoms with van der Waals surface area (Å²) >= 11 is 0. The molecule has 0 radical (unpaired) electrons. The Morgan fingerprint density at radius 3 is 2.38 bits per heavy atom. The summed E-state index contributed by atoms with van der Waals surface area (Å²) in [5.41, 5.74) is 2.30. The number of ether oxygens (including phenoxy) is 2. The number of aliphatic hydroxyl groups excluding tert-OH is 1. The van der Waals surface area contributed by atoms with E-state index in [1.807, 2.05) is 49.4 Å². The lowest BCUT2D eigenvalue weighted by molar-refractivity contribution is 0.129. The van der Waals surface area contributed by atoms with Crippen LogP contribution in [0.5, 0.6) is 11.5 Å². The molecule has 0 aromatic heterocycles. The first-order valence-corrected chi connectivity index (χ1v) is 11.1. The molecular formula is C28H33NO3. The molecule has 0 aliphatic rings. The van der Waals surface area contributed by atoms with Crippen molar-refractivity contribution in [1.29, 1.82) is 0 Å². The van der Waals surface area contributed by atoms with Gasteiger partial charge in [0.15, 0.2) is 0 Å². The summed E-state index contributed by atoms with van der Waals surface area (Å²) in [5, 5.41) is 11.8. The van der Waals surface area contributed by atoms with Gasteiger partial charge in [-0.2, -0.15) is 0 Å². The molecule has 3 aromatic carbocycles. The topological polar surface area (TPSA) is 41.9 Å². The SMILES string of the molecule is C=CCN(CC=C)CCOc1ccc(Cc2c(OC(C)CO)ccc3ccccc23)cc1. The van der Waals surface area contributed by atoms with Crippen LogP contribution in [0, 0.1) is 0 Å². The third-order valence-electron chi connectivity index (χ3n) is 5.34. The average Bonchev–Trinajstić information content (AvgIpc) is 2.81. The Morgan fingerprint density at radius 1 is 0.969 bits per heavy atom. The lowest BCUT2D eigenvalue weighted by atomic mass is 9.97. The van der Waals surface area contributed by atoms with E-state index in [0.29, 0.717) is 6.61 Å². The Morgan fingerprint density at radius 2 is 1.69 bits per heavy atom. The number of aliphatic hydroxyl groups is 1. The Kier molecular flexibility index (Phi) is 8.90. The summed E-state index contributed by atoms with van der Waals surface area (Å²) in [7, 11) is 0. The van der Waals surface area contributed by atoms with Crippen LogP contribution in [-0.4, -0.2) is 49.0 Å². The quantitative estimate of drug-likeness (QED) is 0.376. The van der Waals surface area contributed by atoms with E-state index in [1.165, 1.54) is 16.3 Å². The predicted molar refractivity (Wildman–Crippen MR) is 133 cm³/mol. The van der Waals surface area contributed by atoms with Crippen molar-refractivity contribution in [2.24, 2.45) is 0 Å². The van der Waals surface area contributed by atoms with Crippen molar-refractivity contribution in [3.63, 3.8) is 0 Å². The maximum Gasteiger partial charge on any atom is 0.124 e. The Bertz CT molecular complexity index is 1000. The molecular weight excluding hydrogens is 398 g/mol. The molecule has 0 fully saturated rings. The number of benzene rings is 3. The number of fused-ring (bicyclic) bond motifs is 1. The van der Waals surface area contributed by atoms with Gasteiger partial charge in [-0.3, -0.25) is 4.90 Å². The largest absolute Gasteiger partial charge is 0.492 e. The lowest BCUT2D eigenvalue weighted by Gasteiger charge is -2.19. The number of hydrogen-bond donors (Lipinski definition) is 1. The molecule has 32 heavy (non-hydrogen) atoms. The van der Waals surface area contributed by atoms with Crippen LogP contribution in [-0.2, 0) is 6.42 Å². The van der Waals surface area contributed by atoms with Gasteiger partial charge in [-0.1, -0.05) is 54.6 Å². The zero-order valence-corrected chi connectivity index (χ0v) is 18.9. The van der Waals surface area contributed by atoms with Crippen molar-refractivity contribution in [2.45, 2.75) is 19.4 Å². The molecule has 1 unspecified atom stereocenters. The molecule has 0 saturated heterocycles. The van der Waals surface area contributed by atoms with E-state index in [9.17, 15) is 5.11 Å². The van der Waals surface area contributed by atoms with Gasteiger partial charge in [0.05, 0.1) is 6.61 Å². The van der Waals surface area contributed by atoms with E-state index in [-0.39, 0.29) is 12.7 Å². The summed E-state index contributed by atoms with van der Waals surface area (Å²) in [6.45, 7) is 12.5. The maximum absolute atomic E-state index is 9.43. The van der Waals surface area contributed by atoms with Gasteiger partial charge in [0.2, 0.25) is 0 Å².